The van der Waals surface area contributed by atoms with Gasteiger partial charge in [0.15, 0.2) is 0 Å². The molecule has 2 aromatic rings. The Morgan fingerprint density at radius 2 is 2.11 bits per heavy atom. The van der Waals surface area contributed by atoms with Crippen molar-refractivity contribution in [3.05, 3.63) is 53.1 Å². The van der Waals surface area contributed by atoms with Crippen LogP contribution in [0.3, 0.4) is 0 Å². The van der Waals surface area contributed by atoms with Crippen LogP contribution in [0.15, 0.2) is 42.5 Å². The van der Waals surface area contributed by atoms with Crippen LogP contribution in [0.2, 0.25) is 5.02 Å². The summed E-state index contributed by atoms with van der Waals surface area (Å²) in [5.74, 6) is 0.745. The molecule has 0 saturated carbocycles. The minimum absolute atomic E-state index is 0.0809. The lowest BCUT2D eigenvalue weighted by molar-refractivity contribution is -0.126. The minimum Gasteiger partial charge on any atom is -0.495 e. The van der Waals surface area contributed by atoms with Crippen molar-refractivity contribution in [3.8, 4) is 11.5 Å². The summed E-state index contributed by atoms with van der Waals surface area (Å²) in [7, 11) is 1.54. The maximum Gasteiger partial charge on any atom is 0.227 e. The first-order chi connectivity index (χ1) is 13.5. The van der Waals surface area contributed by atoms with E-state index < -0.39 is 5.92 Å². The summed E-state index contributed by atoms with van der Waals surface area (Å²) in [5, 5.41) is 3.44. The number of para-hydroxylation sites is 1. The standard InChI is InChI=1S/C21H21ClN2O4/c1-27-19-7-6-15(22)10-17(19)24-12-14(9-20(24)25)21(26)23-11-16-8-13-4-2-3-5-18(13)28-16/h2-7,10,14,16H,8-9,11-12H2,1H3,(H,23,26)/t14-,16-/m1/s1. The molecule has 0 aromatic heterocycles. The van der Waals surface area contributed by atoms with Gasteiger partial charge in [0.25, 0.3) is 0 Å². The average molecular weight is 401 g/mol. The van der Waals surface area contributed by atoms with Crippen LogP contribution in [0.25, 0.3) is 0 Å². The van der Waals surface area contributed by atoms with Crippen LogP contribution in [0, 0.1) is 5.92 Å². The lowest BCUT2D eigenvalue weighted by atomic mass is 10.1. The van der Waals surface area contributed by atoms with Gasteiger partial charge in [-0.2, -0.15) is 0 Å². The van der Waals surface area contributed by atoms with Gasteiger partial charge in [-0.3, -0.25) is 9.59 Å². The third-order valence-electron chi connectivity index (χ3n) is 5.15. The Labute approximate surface area is 168 Å². The number of nitrogens with zero attached hydrogens (tertiary/aromatic N) is 1. The van der Waals surface area contributed by atoms with Gasteiger partial charge in [0.1, 0.15) is 17.6 Å². The van der Waals surface area contributed by atoms with E-state index in [1.165, 1.54) is 7.11 Å². The van der Waals surface area contributed by atoms with E-state index in [1.54, 1.807) is 23.1 Å². The fraction of sp³-hybridized carbons (Fsp3) is 0.333. The first kappa shape index (κ1) is 18.6. The first-order valence-electron chi connectivity index (χ1n) is 9.21. The summed E-state index contributed by atoms with van der Waals surface area (Å²) >= 11 is 6.07. The number of benzene rings is 2. The molecular weight excluding hydrogens is 380 g/mol. The molecule has 2 atom stereocenters. The van der Waals surface area contributed by atoms with Gasteiger partial charge in [-0.25, -0.2) is 0 Å². The van der Waals surface area contributed by atoms with Crippen LogP contribution in [-0.2, 0) is 16.0 Å². The van der Waals surface area contributed by atoms with E-state index in [-0.39, 0.29) is 24.3 Å². The number of carbonyl (C=O) groups is 2. The second-order valence-corrected chi connectivity index (χ2v) is 7.45. The molecule has 0 aliphatic carbocycles. The molecule has 0 spiro atoms. The van der Waals surface area contributed by atoms with Crippen molar-refractivity contribution in [3.63, 3.8) is 0 Å². The summed E-state index contributed by atoms with van der Waals surface area (Å²) in [6, 6.07) is 13.0. The molecule has 1 saturated heterocycles. The normalized spacial score (nSPS) is 20.6. The second-order valence-electron chi connectivity index (χ2n) is 7.02. The molecule has 2 amide bonds. The molecule has 7 heteroatoms. The number of carbonyl (C=O) groups excluding carboxylic acids is 2. The molecular formula is C21H21ClN2O4. The van der Waals surface area contributed by atoms with Crippen LogP contribution in [0.4, 0.5) is 5.69 Å². The van der Waals surface area contributed by atoms with Crippen LogP contribution >= 0.6 is 11.6 Å². The number of anilines is 1. The Bertz CT molecular complexity index is 892. The van der Waals surface area contributed by atoms with E-state index >= 15 is 0 Å². The van der Waals surface area contributed by atoms with E-state index in [2.05, 4.69) is 5.32 Å². The van der Waals surface area contributed by atoms with Crippen molar-refractivity contribution in [2.75, 3.05) is 25.1 Å². The summed E-state index contributed by atoms with van der Waals surface area (Å²) in [4.78, 5) is 26.7. The van der Waals surface area contributed by atoms with E-state index in [0.717, 1.165) is 17.7 Å². The Morgan fingerprint density at radius 1 is 1.29 bits per heavy atom. The van der Waals surface area contributed by atoms with Gasteiger partial charge in [-0.15, -0.1) is 0 Å². The summed E-state index contributed by atoms with van der Waals surface area (Å²) < 4.78 is 11.2. The molecule has 0 radical (unpaired) electrons. The summed E-state index contributed by atoms with van der Waals surface area (Å²) in [6.07, 6.45) is 0.849. The minimum atomic E-state index is -0.417. The zero-order valence-electron chi connectivity index (χ0n) is 15.5. The molecule has 2 aromatic carbocycles. The molecule has 1 fully saturated rings. The van der Waals surface area contributed by atoms with Crippen molar-refractivity contribution in [2.24, 2.45) is 5.92 Å². The average Bonchev–Trinajstić information content (AvgIpc) is 3.29. The monoisotopic (exact) mass is 400 g/mol. The van der Waals surface area contributed by atoms with Crippen LogP contribution in [0.5, 0.6) is 11.5 Å². The number of rotatable bonds is 5. The smallest absolute Gasteiger partial charge is 0.227 e. The second kappa shape index (κ2) is 7.72. The highest BCUT2D eigenvalue weighted by atomic mass is 35.5. The topological polar surface area (TPSA) is 67.9 Å². The van der Waals surface area contributed by atoms with Crippen molar-refractivity contribution in [1.29, 1.82) is 0 Å². The fourth-order valence-electron chi connectivity index (χ4n) is 3.72. The van der Waals surface area contributed by atoms with Crippen LogP contribution < -0.4 is 19.7 Å². The predicted molar refractivity (Wildman–Crippen MR) is 106 cm³/mol. The highest BCUT2D eigenvalue weighted by Gasteiger charge is 2.36. The molecule has 0 bridgehead atoms. The number of halogens is 1. The lowest BCUT2D eigenvalue weighted by Crippen LogP contribution is -2.39. The van der Waals surface area contributed by atoms with Crippen LogP contribution in [0.1, 0.15) is 12.0 Å². The quantitative estimate of drug-likeness (QED) is 0.838. The molecule has 2 heterocycles. The maximum absolute atomic E-state index is 12.6. The molecule has 2 aliphatic heterocycles. The number of fused-ring (bicyclic) bond motifs is 1. The number of nitrogens with one attached hydrogen (secondary N) is 1. The largest absolute Gasteiger partial charge is 0.495 e. The molecule has 28 heavy (non-hydrogen) atoms. The highest BCUT2D eigenvalue weighted by molar-refractivity contribution is 6.31. The molecule has 2 aliphatic rings. The zero-order valence-corrected chi connectivity index (χ0v) is 16.2. The Hall–Kier alpha value is -2.73. The van der Waals surface area contributed by atoms with Gasteiger partial charge >= 0.3 is 0 Å². The molecule has 0 unspecified atom stereocenters. The fourth-order valence-corrected chi connectivity index (χ4v) is 3.88. The highest BCUT2D eigenvalue weighted by Crippen LogP contribution is 2.35. The number of hydrogen-bond donors (Lipinski definition) is 1. The van der Waals surface area contributed by atoms with Crippen molar-refractivity contribution in [1.82, 2.24) is 5.32 Å². The Morgan fingerprint density at radius 3 is 2.89 bits per heavy atom. The Kier molecular flexibility index (Phi) is 5.13. The SMILES string of the molecule is COc1ccc(Cl)cc1N1C[C@H](C(=O)NC[C@H]2Cc3ccccc3O2)CC1=O. The van der Waals surface area contributed by atoms with E-state index in [1.807, 2.05) is 24.3 Å². The van der Waals surface area contributed by atoms with E-state index in [0.29, 0.717) is 29.5 Å². The van der Waals surface area contributed by atoms with Gasteiger partial charge in [0.05, 0.1) is 25.3 Å². The summed E-state index contributed by atoms with van der Waals surface area (Å²) in [5.41, 5.74) is 1.74. The molecule has 146 valence electrons. The van der Waals surface area contributed by atoms with Gasteiger partial charge < -0.3 is 19.7 Å². The molecule has 6 nitrogen and oxygen atoms in total. The molecule has 4 rings (SSSR count). The van der Waals surface area contributed by atoms with E-state index in [9.17, 15) is 9.59 Å². The van der Waals surface area contributed by atoms with Crippen molar-refractivity contribution < 1.29 is 19.1 Å². The molecule has 1 N–H and O–H groups in total. The third-order valence-corrected chi connectivity index (χ3v) is 5.38. The number of ether oxygens (including phenoxy) is 2. The van der Waals surface area contributed by atoms with E-state index in [4.69, 9.17) is 21.1 Å². The summed E-state index contributed by atoms with van der Waals surface area (Å²) in [6.45, 7) is 0.714. The number of amides is 2. The van der Waals surface area contributed by atoms with Crippen LogP contribution in [-0.4, -0.2) is 38.1 Å². The number of methoxy groups -OCH3 is 1. The van der Waals surface area contributed by atoms with Crippen molar-refractivity contribution in [2.45, 2.75) is 18.9 Å². The van der Waals surface area contributed by atoms with Crippen molar-refractivity contribution >= 4 is 29.1 Å². The predicted octanol–water partition coefficient (Wildman–Crippen LogP) is 2.82. The lowest BCUT2D eigenvalue weighted by Gasteiger charge is -2.20. The zero-order chi connectivity index (χ0) is 19.7. The first-order valence-corrected chi connectivity index (χ1v) is 9.59. The number of hydrogen-bond acceptors (Lipinski definition) is 4. The van der Waals surface area contributed by atoms with Gasteiger partial charge in [0.2, 0.25) is 11.8 Å². The van der Waals surface area contributed by atoms with Gasteiger partial charge in [-0.05, 0) is 29.8 Å². The maximum atomic E-state index is 12.6. The third kappa shape index (κ3) is 3.64. The Balaban J connectivity index is 1.37. The van der Waals surface area contributed by atoms with Gasteiger partial charge in [-0.1, -0.05) is 29.8 Å². The van der Waals surface area contributed by atoms with Gasteiger partial charge in [0, 0.05) is 24.4 Å².